The molecule has 0 aliphatic carbocycles. The second-order valence-electron chi connectivity index (χ2n) is 5.02. The molecule has 0 atom stereocenters. The Kier molecular flexibility index (Phi) is 9.65. The molecule has 2 N–H and O–H groups in total. The minimum absolute atomic E-state index is 0.184. The monoisotopic (exact) mass is 358 g/mol. The Bertz CT molecular complexity index is 510. The Morgan fingerprint density at radius 2 is 0.773 bits per heavy atom. The highest BCUT2D eigenvalue weighted by molar-refractivity contribution is 8.01. The summed E-state index contributed by atoms with van der Waals surface area (Å²) < 4.78 is 58.6. The zero-order chi connectivity index (χ0) is 17.2. The third-order valence-corrected chi connectivity index (χ3v) is 4.65. The zero-order valence-corrected chi connectivity index (χ0v) is 13.9. The Balaban J connectivity index is 3.45. The van der Waals surface area contributed by atoms with E-state index in [1.165, 1.54) is 0 Å². The van der Waals surface area contributed by atoms with Crippen molar-refractivity contribution in [3.8, 4) is 0 Å². The number of hydrogen-bond donors (Lipinski definition) is 2. The molecule has 0 rings (SSSR count). The summed E-state index contributed by atoms with van der Waals surface area (Å²) in [6, 6.07) is 0. The highest BCUT2D eigenvalue weighted by atomic mass is 32.2. The normalized spacial score (nSPS) is 12.3. The summed E-state index contributed by atoms with van der Waals surface area (Å²) in [6.07, 6.45) is 5.21. The van der Waals surface area contributed by atoms with Gasteiger partial charge in [0.2, 0.25) is 0 Å². The summed E-state index contributed by atoms with van der Waals surface area (Å²) in [5.41, 5.74) is 0. The lowest BCUT2D eigenvalue weighted by molar-refractivity contribution is -0.113. The number of carbonyl (C=O) groups is 2. The van der Waals surface area contributed by atoms with E-state index in [1.54, 1.807) is 0 Å². The summed E-state index contributed by atoms with van der Waals surface area (Å²) in [4.78, 5) is 21.7. The molecule has 0 aromatic heterocycles. The van der Waals surface area contributed by atoms with Crippen molar-refractivity contribution in [3.63, 3.8) is 0 Å². The zero-order valence-electron chi connectivity index (χ0n) is 12.2. The number of rotatable bonds is 11. The maximum Gasteiger partial charge on any atom is 0.328 e. The van der Waals surface area contributed by atoms with Crippen LogP contribution in [-0.4, -0.2) is 36.2 Å². The SMILES string of the molecule is O=C(CCCCCCCCCCC(=O)S(=O)(=O)O)S(=O)(=O)O. The van der Waals surface area contributed by atoms with Crippen LogP contribution in [-0.2, 0) is 29.8 Å². The minimum Gasteiger partial charge on any atom is -0.280 e. The quantitative estimate of drug-likeness (QED) is 0.420. The van der Waals surface area contributed by atoms with Gasteiger partial charge < -0.3 is 0 Å². The average Bonchev–Trinajstić information content (AvgIpc) is 2.38. The first-order valence-electron chi connectivity index (χ1n) is 7.06. The molecule has 22 heavy (non-hydrogen) atoms. The van der Waals surface area contributed by atoms with Crippen molar-refractivity contribution < 1.29 is 35.5 Å². The summed E-state index contributed by atoms with van der Waals surface area (Å²) in [7, 11) is -9.11. The van der Waals surface area contributed by atoms with Crippen LogP contribution in [0.25, 0.3) is 0 Å². The van der Waals surface area contributed by atoms with Crippen LogP contribution in [0.15, 0.2) is 0 Å². The fourth-order valence-corrected chi connectivity index (χ4v) is 2.66. The first kappa shape index (κ1) is 21.2. The minimum atomic E-state index is -4.56. The van der Waals surface area contributed by atoms with E-state index in [-0.39, 0.29) is 12.8 Å². The van der Waals surface area contributed by atoms with Crippen LogP contribution in [0, 0.1) is 0 Å². The summed E-state index contributed by atoms with van der Waals surface area (Å²) in [6.45, 7) is 0. The molecule has 130 valence electrons. The van der Waals surface area contributed by atoms with Gasteiger partial charge in [0.1, 0.15) is 0 Å². The molecule has 0 aromatic rings. The molecule has 0 amide bonds. The van der Waals surface area contributed by atoms with Crippen LogP contribution in [0.2, 0.25) is 0 Å². The Hall–Kier alpha value is -0.840. The van der Waals surface area contributed by atoms with Crippen LogP contribution in [0.4, 0.5) is 0 Å². The van der Waals surface area contributed by atoms with Crippen LogP contribution in [0.5, 0.6) is 0 Å². The predicted octanol–water partition coefficient (Wildman–Crippen LogP) is 1.72. The molecule has 0 fully saturated rings. The molecule has 0 unspecified atom stereocenters. The van der Waals surface area contributed by atoms with E-state index in [1.807, 2.05) is 0 Å². The number of unbranched alkanes of at least 4 members (excludes halogenated alkanes) is 7. The van der Waals surface area contributed by atoms with Gasteiger partial charge >= 0.3 is 20.2 Å². The number of hydrogen-bond acceptors (Lipinski definition) is 6. The smallest absolute Gasteiger partial charge is 0.280 e. The van der Waals surface area contributed by atoms with E-state index in [2.05, 4.69) is 0 Å². The van der Waals surface area contributed by atoms with Crippen LogP contribution in [0.1, 0.15) is 64.2 Å². The van der Waals surface area contributed by atoms with Crippen molar-refractivity contribution in [1.29, 1.82) is 0 Å². The van der Waals surface area contributed by atoms with Crippen LogP contribution >= 0.6 is 0 Å². The van der Waals surface area contributed by atoms with Crippen LogP contribution in [0.3, 0.4) is 0 Å². The predicted molar refractivity (Wildman–Crippen MR) is 79.3 cm³/mol. The molecule has 0 bridgehead atoms. The fourth-order valence-electron chi connectivity index (χ4n) is 1.86. The van der Waals surface area contributed by atoms with Gasteiger partial charge in [0.05, 0.1) is 0 Å². The van der Waals surface area contributed by atoms with E-state index in [0.717, 1.165) is 25.7 Å². The van der Waals surface area contributed by atoms with E-state index < -0.39 is 30.5 Å². The van der Waals surface area contributed by atoms with Gasteiger partial charge in [0.15, 0.2) is 0 Å². The van der Waals surface area contributed by atoms with Crippen LogP contribution < -0.4 is 0 Å². The maximum absolute atomic E-state index is 10.9. The molecule has 0 radical (unpaired) electrons. The molecule has 0 aliphatic rings. The lowest BCUT2D eigenvalue weighted by Crippen LogP contribution is -2.12. The van der Waals surface area contributed by atoms with Gasteiger partial charge in [-0.25, -0.2) is 0 Å². The molecular weight excluding hydrogens is 336 g/mol. The molecule has 0 aromatic carbocycles. The van der Waals surface area contributed by atoms with Gasteiger partial charge in [-0.3, -0.25) is 18.7 Å². The third kappa shape index (κ3) is 10.8. The Morgan fingerprint density at radius 3 is 1.00 bits per heavy atom. The van der Waals surface area contributed by atoms with E-state index in [9.17, 15) is 26.4 Å². The third-order valence-electron chi connectivity index (χ3n) is 3.09. The Labute approximate surface area is 130 Å². The standard InChI is InChI=1S/C12H22O8S2/c13-11(21(15,16)17)9-7-5-3-1-2-4-6-8-10-12(14)22(18,19)20/h1-10H2,(H,15,16,17)(H,18,19,20). The highest BCUT2D eigenvalue weighted by Gasteiger charge is 2.17. The van der Waals surface area contributed by atoms with Crippen molar-refractivity contribution in [3.05, 3.63) is 0 Å². The Morgan fingerprint density at radius 1 is 0.545 bits per heavy atom. The molecule has 0 heterocycles. The summed E-state index contributed by atoms with van der Waals surface area (Å²) in [5.74, 6) is 0. The van der Waals surface area contributed by atoms with Gasteiger partial charge in [0, 0.05) is 12.8 Å². The maximum atomic E-state index is 10.9. The van der Waals surface area contributed by atoms with Gasteiger partial charge in [-0.1, -0.05) is 38.5 Å². The second kappa shape index (κ2) is 10.0. The van der Waals surface area contributed by atoms with Crippen molar-refractivity contribution in [1.82, 2.24) is 0 Å². The molecule has 0 aliphatic heterocycles. The van der Waals surface area contributed by atoms with E-state index in [4.69, 9.17) is 9.11 Å². The molecular formula is C12H22O8S2. The van der Waals surface area contributed by atoms with Gasteiger partial charge in [-0.15, -0.1) is 0 Å². The summed E-state index contributed by atoms with van der Waals surface area (Å²) >= 11 is 0. The van der Waals surface area contributed by atoms with Gasteiger partial charge in [0.25, 0.3) is 10.2 Å². The second-order valence-corrected chi connectivity index (χ2v) is 7.83. The van der Waals surface area contributed by atoms with E-state index in [0.29, 0.717) is 25.7 Å². The van der Waals surface area contributed by atoms with Gasteiger partial charge in [-0.2, -0.15) is 16.8 Å². The molecule has 0 saturated heterocycles. The fraction of sp³-hybridized carbons (Fsp3) is 0.833. The molecule has 10 heteroatoms. The van der Waals surface area contributed by atoms with E-state index >= 15 is 0 Å². The average molecular weight is 358 g/mol. The number of carbonyl (C=O) groups excluding carboxylic acids is 2. The molecule has 8 nitrogen and oxygen atoms in total. The summed E-state index contributed by atoms with van der Waals surface area (Å²) in [5, 5.41) is -2.31. The first-order valence-corrected chi connectivity index (χ1v) is 9.94. The van der Waals surface area contributed by atoms with Crippen molar-refractivity contribution in [2.24, 2.45) is 0 Å². The van der Waals surface area contributed by atoms with Gasteiger partial charge in [-0.05, 0) is 12.8 Å². The molecule has 0 saturated carbocycles. The molecule has 0 spiro atoms. The largest absolute Gasteiger partial charge is 0.328 e. The first-order chi connectivity index (χ1) is 10.0. The van der Waals surface area contributed by atoms with Crippen molar-refractivity contribution in [2.45, 2.75) is 64.2 Å². The highest BCUT2D eigenvalue weighted by Crippen LogP contribution is 2.12. The topological polar surface area (TPSA) is 143 Å². The lowest BCUT2D eigenvalue weighted by atomic mass is 10.1. The van der Waals surface area contributed by atoms with Crippen molar-refractivity contribution in [2.75, 3.05) is 0 Å². The van der Waals surface area contributed by atoms with Crippen molar-refractivity contribution >= 4 is 30.5 Å². The lowest BCUT2D eigenvalue weighted by Gasteiger charge is -2.02.